The lowest BCUT2D eigenvalue weighted by atomic mass is 10.3. The third-order valence-corrected chi connectivity index (χ3v) is 3.55. The molecule has 0 saturated heterocycles. The molecule has 0 aliphatic heterocycles. The fourth-order valence-corrected chi connectivity index (χ4v) is 2.02. The molecule has 0 bridgehead atoms. The summed E-state index contributed by atoms with van der Waals surface area (Å²) in [6.45, 7) is 8.15. The summed E-state index contributed by atoms with van der Waals surface area (Å²) in [6, 6.07) is 0. The average Bonchev–Trinajstić information content (AvgIpc) is 2.79. The number of carbonyl (C=O) groups is 1. The largest absolute Gasteiger partial charge is 0.504 e. The van der Waals surface area contributed by atoms with Crippen LogP contribution in [0.25, 0.3) is 0 Å². The molecule has 0 spiro atoms. The van der Waals surface area contributed by atoms with E-state index < -0.39 is 5.97 Å². The molecular formula is C21H40O11. The Bertz CT molecular complexity index is 432. The summed E-state index contributed by atoms with van der Waals surface area (Å²) in [7, 11) is 1.47. The van der Waals surface area contributed by atoms with Gasteiger partial charge >= 0.3 is 5.97 Å². The van der Waals surface area contributed by atoms with Crippen molar-refractivity contribution in [3.05, 3.63) is 11.8 Å². The van der Waals surface area contributed by atoms with Crippen LogP contribution in [0.5, 0.6) is 0 Å². The van der Waals surface area contributed by atoms with Crippen LogP contribution in [0.3, 0.4) is 0 Å². The lowest BCUT2D eigenvalue weighted by Gasteiger charge is -2.08. The number of ether oxygens (including phenoxy) is 9. The molecule has 0 saturated carbocycles. The molecule has 0 aromatic carbocycles. The zero-order valence-corrected chi connectivity index (χ0v) is 19.4. The van der Waals surface area contributed by atoms with Crippen molar-refractivity contribution >= 4 is 5.97 Å². The van der Waals surface area contributed by atoms with E-state index in [2.05, 4.69) is 0 Å². The molecule has 0 aromatic heterocycles. The first-order valence-electron chi connectivity index (χ1n) is 10.7. The first kappa shape index (κ1) is 30.7. The van der Waals surface area contributed by atoms with E-state index in [0.29, 0.717) is 98.1 Å². The van der Waals surface area contributed by atoms with Gasteiger partial charge in [0.2, 0.25) is 0 Å². The van der Waals surface area contributed by atoms with Crippen molar-refractivity contribution in [2.45, 2.75) is 6.92 Å². The van der Waals surface area contributed by atoms with Crippen LogP contribution in [0, 0.1) is 0 Å². The number of aliphatic hydroxyl groups is 1. The Morgan fingerprint density at radius 1 is 0.594 bits per heavy atom. The molecule has 0 amide bonds. The van der Waals surface area contributed by atoms with E-state index in [1.54, 1.807) is 6.92 Å². The minimum Gasteiger partial charge on any atom is -0.504 e. The van der Waals surface area contributed by atoms with Crippen molar-refractivity contribution in [3.8, 4) is 0 Å². The number of methoxy groups -OCH3 is 1. The van der Waals surface area contributed by atoms with Gasteiger partial charge in [0.25, 0.3) is 0 Å². The van der Waals surface area contributed by atoms with Crippen molar-refractivity contribution in [1.29, 1.82) is 0 Å². The van der Waals surface area contributed by atoms with Crippen LogP contribution in [0.1, 0.15) is 6.92 Å². The minimum atomic E-state index is -0.428. The fraction of sp³-hybridized carbons (Fsp3) is 0.857. The smallest absolute Gasteiger partial charge is 0.336 e. The molecule has 0 atom stereocenters. The molecule has 0 fully saturated rings. The second kappa shape index (κ2) is 25.9. The van der Waals surface area contributed by atoms with Gasteiger partial charge in [-0.15, -0.1) is 0 Å². The summed E-state index contributed by atoms with van der Waals surface area (Å²) in [5.41, 5.74) is 0.397. The Morgan fingerprint density at radius 2 is 0.906 bits per heavy atom. The number of hydrogen-bond donors (Lipinski definition) is 1. The molecule has 11 heteroatoms. The number of carbonyl (C=O) groups excluding carboxylic acids is 1. The Morgan fingerprint density at radius 3 is 1.22 bits per heavy atom. The minimum absolute atomic E-state index is 0.0224. The van der Waals surface area contributed by atoms with E-state index >= 15 is 0 Å². The highest BCUT2D eigenvalue weighted by atomic mass is 16.6. The molecule has 0 aliphatic rings. The van der Waals surface area contributed by atoms with Crippen molar-refractivity contribution in [3.63, 3.8) is 0 Å². The molecule has 190 valence electrons. The Kier molecular flexibility index (Phi) is 24.9. The molecule has 0 aliphatic carbocycles. The molecule has 0 aromatic rings. The predicted octanol–water partition coefficient (Wildman–Crippen LogP) is 0.188. The highest BCUT2D eigenvalue weighted by Crippen LogP contribution is 1.96. The van der Waals surface area contributed by atoms with Gasteiger partial charge < -0.3 is 47.7 Å². The third-order valence-electron chi connectivity index (χ3n) is 3.55. The molecule has 11 nitrogen and oxygen atoms in total. The zero-order valence-electron chi connectivity index (χ0n) is 19.4. The second-order valence-corrected chi connectivity index (χ2v) is 6.18. The maximum Gasteiger partial charge on any atom is 0.336 e. The van der Waals surface area contributed by atoms with Crippen molar-refractivity contribution in [1.82, 2.24) is 0 Å². The van der Waals surface area contributed by atoms with Gasteiger partial charge in [0.05, 0.1) is 118 Å². The quantitative estimate of drug-likeness (QED) is 0.0855. The highest BCUT2D eigenvalue weighted by Gasteiger charge is 2.05. The highest BCUT2D eigenvalue weighted by molar-refractivity contribution is 5.87. The number of rotatable bonds is 25. The summed E-state index contributed by atoms with van der Waals surface area (Å²) < 4.78 is 46.9. The van der Waals surface area contributed by atoms with E-state index in [-0.39, 0.29) is 13.2 Å². The van der Waals surface area contributed by atoms with Gasteiger partial charge in [-0.1, -0.05) is 0 Å². The standard InChI is InChI=1S/C21H40O11/c1-20(19-24-2)21(23)32-18-17-31-16-15-30-14-13-29-12-11-28-10-9-27-8-7-26-6-5-25-4-3-22/h19,22H,3-18H2,1-2H3. The van der Waals surface area contributed by atoms with Crippen LogP contribution in [-0.2, 0) is 47.4 Å². The first-order valence-corrected chi connectivity index (χ1v) is 10.7. The molecule has 0 radical (unpaired) electrons. The summed E-state index contributed by atoms with van der Waals surface area (Å²) in [4.78, 5) is 11.5. The van der Waals surface area contributed by atoms with Crippen LogP contribution < -0.4 is 0 Å². The van der Waals surface area contributed by atoms with Gasteiger partial charge in [-0.05, 0) is 6.92 Å². The topological polar surface area (TPSA) is 120 Å². The predicted molar refractivity (Wildman–Crippen MR) is 115 cm³/mol. The Balaban J connectivity index is 3.12. The van der Waals surface area contributed by atoms with Crippen molar-refractivity contribution < 1.29 is 52.5 Å². The molecule has 0 unspecified atom stereocenters. The van der Waals surface area contributed by atoms with E-state index in [4.69, 9.17) is 47.7 Å². The van der Waals surface area contributed by atoms with E-state index in [9.17, 15) is 4.79 Å². The number of aliphatic hydroxyl groups excluding tert-OH is 1. The number of esters is 1. The first-order chi connectivity index (χ1) is 15.7. The van der Waals surface area contributed by atoms with Gasteiger partial charge in [-0.3, -0.25) is 0 Å². The van der Waals surface area contributed by atoms with Crippen LogP contribution in [-0.4, -0.2) is 124 Å². The van der Waals surface area contributed by atoms with E-state index in [1.165, 1.54) is 13.4 Å². The molecule has 0 heterocycles. The zero-order chi connectivity index (χ0) is 23.5. The lowest BCUT2D eigenvalue weighted by molar-refractivity contribution is -0.140. The SMILES string of the molecule is COC=C(C)C(=O)OCCOCCOCCOCCOCCOCCOCCOCCO. The van der Waals surface area contributed by atoms with Gasteiger partial charge in [-0.25, -0.2) is 4.79 Å². The lowest BCUT2D eigenvalue weighted by Crippen LogP contribution is -2.15. The Hall–Kier alpha value is -1.31. The van der Waals surface area contributed by atoms with Crippen molar-refractivity contribution in [2.75, 3.05) is 113 Å². The Labute approximate surface area is 190 Å². The van der Waals surface area contributed by atoms with Gasteiger partial charge in [0.1, 0.15) is 6.61 Å². The molecular weight excluding hydrogens is 428 g/mol. The van der Waals surface area contributed by atoms with Gasteiger partial charge in [0.15, 0.2) is 0 Å². The molecule has 0 rings (SSSR count). The van der Waals surface area contributed by atoms with Crippen LogP contribution in [0.2, 0.25) is 0 Å². The second-order valence-electron chi connectivity index (χ2n) is 6.18. The molecule has 1 N–H and O–H groups in total. The fourth-order valence-electron chi connectivity index (χ4n) is 2.02. The normalized spacial score (nSPS) is 11.7. The van der Waals surface area contributed by atoms with Gasteiger partial charge in [0, 0.05) is 0 Å². The van der Waals surface area contributed by atoms with Crippen LogP contribution in [0.4, 0.5) is 0 Å². The monoisotopic (exact) mass is 468 g/mol. The van der Waals surface area contributed by atoms with E-state index in [1.807, 2.05) is 0 Å². The summed E-state index contributed by atoms with van der Waals surface area (Å²) >= 11 is 0. The summed E-state index contributed by atoms with van der Waals surface area (Å²) in [6.07, 6.45) is 1.33. The summed E-state index contributed by atoms with van der Waals surface area (Å²) in [5.74, 6) is -0.428. The van der Waals surface area contributed by atoms with Crippen LogP contribution in [0.15, 0.2) is 11.8 Å². The summed E-state index contributed by atoms with van der Waals surface area (Å²) in [5, 5.41) is 8.54. The van der Waals surface area contributed by atoms with Gasteiger partial charge in [-0.2, -0.15) is 0 Å². The third kappa shape index (κ3) is 23.4. The maximum atomic E-state index is 11.5. The molecule has 32 heavy (non-hydrogen) atoms. The van der Waals surface area contributed by atoms with Crippen LogP contribution >= 0.6 is 0 Å². The average molecular weight is 469 g/mol. The maximum absolute atomic E-state index is 11.5. The number of hydrogen-bond acceptors (Lipinski definition) is 11. The van der Waals surface area contributed by atoms with E-state index in [0.717, 1.165) is 0 Å². The van der Waals surface area contributed by atoms with Crippen molar-refractivity contribution in [2.24, 2.45) is 0 Å².